The summed E-state index contributed by atoms with van der Waals surface area (Å²) in [5, 5.41) is 20.8. The largest absolute Gasteiger partial charge is 0.508 e. The van der Waals surface area contributed by atoms with Crippen molar-refractivity contribution in [2.45, 2.75) is 0 Å². The fraction of sp³-hybridized carbons (Fsp3) is 0.0556. The molecule has 3 aromatic rings. The van der Waals surface area contributed by atoms with Gasteiger partial charge < -0.3 is 19.5 Å². The van der Waals surface area contributed by atoms with Gasteiger partial charge in [0.2, 0.25) is 5.78 Å². The number of Topliss-reactive ketones (excluding diaryl/α,β-unsaturated/α-hetero) is 1. The predicted octanol–water partition coefficient (Wildman–Crippen LogP) is 3.86. The average Bonchev–Trinajstić information content (AvgIpc) is 2.99. The lowest BCUT2D eigenvalue weighted by Gasteiger charge is -2.00. The fourth-order valence-corrected chi connectivity index (χ4v) is 3.24. The Labute approximate surface area is 142 Å². The smallest absolute Gasteiger partial charge is 0.235 e. The minimum absolute atomic E-state index is 0.0467. The number of carbonyl (C=O) groups is 1. The first-order valence-corrected chi connectivity index (χ1v) is 7.57. The van der Waals surface area contributed by atoms with Gasteiger partial charge in [0.15, 0.2) is 5.76 Å². The van der Waals surface area contributed by atoms with Gasteiger partial charge >= 0.3 is 0 Å². The molecule has 1 aliphatic rings. The van der Waals surface area contributed by atoms with Crippen LogP contribution >= 0.6 is 11.6 Å². The van der Waals surface area contributed by atoms with Crippen molar-refractivity contribution in [1.29, 1.82) is 0 Å². The number of aromatic hydroxyl groups is 2. The van der Waals surface area contributed by atoms with E-state index in [2.05, 4.69) is 0 Å². The van der Waals surface area contributed by atoms with Crippen LogP contribution in [0.3, 0.4) is 0 Å². The number of aryl methyl sites for hydroxylation is 1. The van der Waals surface area contributed by atoms with Crippen LogP contribution in [-0.4, -0.2) is 20.6 Å². The molecule has 0 saturated heterocycles. The molecule has 2 heterocycles. The van der Waals surface area contributed by atoms with E-state index in [-0.39, 0.29) is 28.6 Å². The number of phenols is 2. The minimum Gasteiger partial charge on any atom is -0.508 e. The topological polar surface area (TPSA) is 71.7 Å². The maximum Gasteiger partial charge on any atom is 0.235 e. The molecule has 120 valence electrons. The molecule has 0 radical (unpaired) electrons. The van der Waals surface area contributed by atoms with Gasteiger partial charge in [0, 0.05) is 41.8 Å². The minimum atomic E-state index is -0.438. The number of hydrogen-bond acceptors (Lipinski definition) is 4. The van der Waals surface area contributed by atoms with Gasteiger partial charge in [-0.25, -0.2) is 0 Å². The van der Waals surface area contributed by atoms with Gasteiger partial charge in [-0.15, -0.1) is 0 Å². The van der Waals surface area contributed by atoms with Crippen LogP contribution < -0.4 is 4.74 Å². The van der Waals surface area contributed by atoms with Gasteiger partial charge in [-0.05, 0) is 18.2 Å². The molecule has 5 nitrogen and oxygen atoms in total. The second-order valence-corrected chi connectivity index (χ2v) is 6.01. The van der Waals surface area contributed by atoms with Gasteiger partial charge in [0.1, 0.15) is 22.8 Å². The maximum atomic E-state index is 12.5. The van der Waals surface area contributed by atoms with E-state index in [4.69, 9.17) is 16.3 Å². The monoisotopic (exact) mass is 341 g/mol. The van der Waals surface area contributed by atoms with Gasteiger partial charge in [-0.3, -0.25) is 4.79 Å². The summed E-state index contributed by atoms with van der Waals surface area (Å²) < 4.78 is 7.43. The van der Waals surface area contributed by atoms with E-state index in [0.717, 1.165) is 22.5 Å². The molecule has 24 heavy (non-hydrogen) atoms. The highest BCUT2D eigenvalue weighted by Crippen LogP contribution is 2.41. The van der Waals surface area contributed by atoms with Crippen molar-refractivity contribution in [2.24, 2.45) is 7.05 Å². The van der Waals surface area contributed by atoms with Crippen molar-refractivity contribution in [3.63, 3.8) is 0 Å². The third kappa shape index (κ3) is 2.06. The quantitative estimate of drug-likeness (QED) is 0.659. The molecule has 1 aliphatic heterocycles. The number of aromatic nitrogens is 1. The highest BCUT2D eigenvalue weighted by atomic mass is 35.5. The molecular formula is C18H12ClNO4. The Morgan fingerprint density at radius 2 is 2.04 bits per heavy atom. The van der Waals surface area contributed by atoms with Crippen LogP contribution in [0.2, 0.25) is 5.02 Å². The van der Waals surface area contributed by atoms with Crippen molar-refractivity contribution in [2.75, 3.05) is 0 Å². The molecule has 0 bridgehead atoms. The number of ketones is 1. The first-order valence-electron chi connectivity index (χ1n) is 7.19. The van der Waals surface area contributed by atoms with E-state index < -0.39 is 5.78 Å². The van der Waals surface area contributed by atoms with Gasteiger partial charge in [-0.2, -0.15) is 0 Å². The molecule has 0 atom stereocenters. The van der Waals surface area contributed by atoms with Gasteiger partial charge in [0.25, 0.3) is 0 Å². The number of phenolic OH excluding ortho intramolecular Hbond substituents is 2. The first-order chi connectivity index (χ1) is 11.5. The molecule has 0 aliphatic carbocycles. The first kappa shape index (κ1) is 14.7. The summed E-state index contributed by atoms with van der Waals surface area (Å²) in [7, 11) is 1.89. The van der Waals surface area contributed by atoms with Crippen LogP contribution in [0.1, 0.15) is 15.9 Å². The lowest BCUT2D eigenvalue weighted by atomic mass is 10.1. The number of nitrogens with zero attached hydrogens (tertiary/aromatic N) is 1. The summed E-state index contributed by atoms with van der Waals surface area (Å²) in [5.74, 6) is -0.720. The van der Waals surface area contributed by atoms with Crippen LogP contribution in [0.4, 0.5) is 0 Å². The molecule has 0 saturated carbocycles. The lowest BCUT2D eigenvalue weighted by molar-refractivity contribution is 0.101. The van der Waals surface area contributed by atoms with Gasteiger partial charge in [-0.1, -0.05) is 17.7 Å². The number of ether oxygens (including phenoxy) is 1. The summed E-state index contributed by atoms with van der Waals surface area (Å²) in [6.45, 7) is 0. The predicted molar refractivity (Wildman–Crippen MR) is 90.6 cm³/mol. The van der Waals surface area contributed by atoms with Crippen molar-refractivity contribution < 1.29 is 19.7 Å². The molecule has 2 aromatic carbocycles. The number of benzene rings is 2. The van der Waals surface area contributed by atoms with Crippen molar-refractivity contribution in [3.8, 4) is 17.2 Å². The van der Waals surface area contributed by atoms with Crippen molar-refractivity contribution >= 4 is 34.4 Å². The summed E-state index contributed by atoms with van der Waals surface area (Å²) in [4.78, 5) is 12.5. The number of allylic oxidation sites excluding steroid dienone is 1. The fourth-order valence-electron chi connectivity index (χ4n) is 2.96. The zero-order valence-electron chi connectivity index (χ0n) is 12.6. The molecule has 0 amide bonds. The van der Waals surface area contributed by atoms with E-state index in [1.807, 2.05) is 29.9 Å². The Bertz CT molecular complexity index is 1050. The van der Waals surface area contributed by atoms with Crippen LogP contribution in [0.5, 0.6) is 17.2 Å². The molecular weight excluding hydrogens is 330 g/mol. The van der Waals surface area contributed by atoms with E-state index in [1.54, 1.807) is 12.1 Å². The Hall–Kier alpha value is -2.92. The Morgan fingerprint density at radius 1 is 1.25 bits per heavy atom. The van der Waals surface area contributed by atoms with E-state index >= 15 is 0 Å². The van der Waals surface area contributed by atoms with Crippen molar-refractivity contribution in [3.05, 3.63) is 58.4 Å². The number of carbonyl (C=O) groups excluding carboxylic acids is 1. The zero-order valence-corrected chi connectivity index (χ0v) is 13.3. The van der Waals surface area contributed by atoms with E-state index in [0.29, 0.717) is 5.02 Å². The average molecular weight is 342 g/mol. The zero-order chi connectivity index (χ0) is 17.0. The van der Waals surface area contributed by atoms with Crippen LogP contribution in [0.15, 0.2) is 42.3 Å². The second-order valence-electron chi connectivity index (χ2n) is 5.61. The Balaban J connectivity index is 1.87. The Kier molecular flexibility index (Phi) is 3.08. The summed E-state index contributed by atoms with van der Waals surface area (Å²) in [5.41, 5.74) is 1.71. The molecule has 0 fully saturated rings. The van der Waals surface area contributed by atoms with Crippen LogP contribution in [-0.2, 0) is 7.05 Å². The Morgan fingerprint density at radius 3 is 2.83 bits per heavy atom. The number of fused-ring (bicyclic) bond motifs is 2. The molecule has 0 spiro atoms. The van der Waals surface area contributed by atoms with Crippen LogP contribution in [0, 0.1) is 0 Å². The van der Waals surface area contributed by atoms with E-state index in [9.17, 15) is 15.0 Å². The summed E-state index contributed by atoms with van der Waals surface area (Å²) in [6, 6.07) is 7.97. The second kappa shape index (κ2) is 5.04. The third-order valence-corrected chi connectivity index (χ3v) is 4.33. The highest BCUT2D eigenvalue weighted by molar-refractivity contribution is 6.36. The molecule has 6 heteroatoms. The molecule has 1 aromatic heterocycles. The molecule has 4 rings (SSSR count). The van der Waals surface area contributed by atoms with E-state index in [1.165, 1.54) is 6.07 Å². The maximum absolute atomic E-state index is 12.5. The normalized spacial score (nSPS) is 15.1. The number of rotatable bonds is 1. The summed E-state index contributed by atoms with van der Waals surface area (Å²) >= 11 is 6.29. The lowest BCUT2D eigenvalue weighted by Crippen LogP contribution is -1.98. The number of hydrogen-bond donors (Lipinski definition) is 2. The molecule has 0 unspecified atom stereocenters. The number of halogens is 1. The summed E-state index contributed by atoms with van der Waals surface area (Å²) in [6.07, 6.45) is 3.44. The SMILES string of the molecule is Cn1cc(C=C2Oc3cc(O)cc(O)c3C2=O)c2c(Cl)cccc21. The van der Waals surface area contributed by atoms with Gasteiger partial charge in [0.05, 0.1) is 5.02 Å². The third-order valence-electron chi connectivity index (χ3n) is 4.02. The van der Waals surface area contributed by atoms with Crippen molar-refractivity contribution in [1.82, 2.24) is 4.57 Å². The molecule has 2 N–H and O–H groups in total. The van der Waals surface area contributed by atoms with Crippen LogP contribution in [0.25, 0.3) is 17.0 Å². The standard InChI is InChI=1S/C18H12ClNO4/c1-20-8-9(16-11(19)3-2-4-12(16)20)5-15-18(23)17-13(22)6-10(21)7-14(17)24-15/h2-8,21-22H,1H3. The highest BCUT2D eigenvalue weighted by Gasteiger charge is 2.31.